The average molecular weight is 366 g/mol. The Bertz CT molecular complexity index is 461. The Morgan fingerprint density at radius 2 is 1.46 bits per heavy atom. The van der Waals surface area contributed by atoms with Crippen LogP contribution in [0.3, 0.4) is 0 Å². The van der Waals surface area contributed by atoms with Crippen LogP contribution in [0.25, 0.3) is 0 Å². The van der Waals surface area contributed by atoms with E-state index in [9.17, 15) is 17.3 Å². The van der Waals surface area contributed by atoms with Crippen LogP contribution >= 0.6 is 7.92 Å². The molecule has 2 aliphatic rings. The minimum absolute atomic E-state index is 0.293. The number of imidazole rings is 1. The van der Waals surface area contributed by atoms with Crippen molar-refractivity contribution >= 4 is 15.2 Å². The van der Waals surface area contributed by atoms with Crippen molar-refractivity contribution in [1.82, 2.24) is 4.57 Å². The predicted octanol–water partition coefficient (Wildman–Crippen LogP) is 4.98. The van der Waals surface area contributed by atoms with Crippen LogP contribution in [-0.4, -0.2) is 29.3 Å². The average Bonchev–Trinajstić information content (AvgIpc) is 3.19. The largest absolute Gasteiger partial charge is 0.673 e. The first-order valence-electron chi connectivity index (χ1n) is 8.97. The number of halogens is 4. The van der Waals surface area contributed by atoms with Crippen LogP contribution in [-0.2, 0) is 13.6 Å². The zero-order valence-electron chi connectivity index (χ0n) is 14.4. The Labute approximate surface area is 143 Å². The van der Waals surface area contributed by atoms with Crippen LogP contribution in [0, 0.1) is 0 Å². The first kappa shape index (κ1) is 19.7. The van der Waals surface area contributed by atoms with E-state index >= 15 is 0 Å². The molecule has 0 atom stereocenters. The van der Waals surface area contributed by atoms with Crippen molar-refractivity contribution in [3.05, 3.63) is 18.7 Å². The van der Waals surface area contributed by atoms with E-state index < -0.39 is 7.25 Å². The number of aryl methyl sites for hydroxylation is 2. The normalized spacial score (nSPS) is 19.8. The van der Waals surface area contributed by atoms with Gasteiger partial charge in [0.05, 0.1) is 13.6 Å². The molecule has 0 aliphatic heterocycles. The van der Waals surface area contributed by atoms with Gasteiger partial charge in [0.1, 0.15) is 12.4 Å². The minimum atomic E-state index is -6.00. The summed E-state index contributed by atoms with van der Waals surface area (Å²) < 4.78 is 43.5. The van der Waals surface area contributed by atoms with E-state index in [-0.39, 0.29) is 0 Å². The summed E-state index contributed by atoms with van der Waals surface area (Å²) in [6.45, 7) is 1.25. The predicted molar refractivity (Wildman–Crippen MR) is 92.1 cm³/mol. The summed E-state index contributed by atoms with van der Waals surface area (Å²) in [6.07, 6.45) is 20.3. The van der Waals surface area contributed by atoms with Crippen LogP contribution in [0.1, 0.15) is 51.4 Å². The van der Waals surface area contributed by atoms with E-state index in [0.717, 1.165) is 11.3 Å². The van der Waals surface area contributed by atoms with E-state index in [4.69, 9.17) is 0 Å². The van der Waals surface area contributed by atoms with Gasteiger partial charge < -0.3 is 17.3 Å². The Balaban J connectivity index is 0.000000368. The second-order valence-electron chi connectivity index (χ2n) is 6.93. The summed E-state index contributed by atoms with van der Waals surface area (Å²) in [5, 5.41) is 0. The fraction of sp³-hybridized carbons (Fsp3) is 0.812. The highest BCUT2D eigenvalue weighted by molar-refractivity contribution is 7.59. The van der Waals surface area contributed by atoms with E-state index in [0.29, 0.717) is 7.92 Å². The third-order valence-corrected chi connectivity index (χ3v) is 8.65. The fourth-order valence-electron chi connectivity index (χ4n) is 4.00. The van der Waals surface area contributed by atoms with Crippen molar-refractivity contribution in [3.8, 4) is 0 Å². The Morgan fingerprint density at radius 3 is 1.83 bits per heavy atom. The van der Waals surface area contributed by atoms with Crippen molar-refractivity contribution in [1.29, 1.82) is 0 Å². The second kappa shape index (κ2) is 9.21. The molecule has 1 aromatic rings. The van der Waals surface area contributed by atoms with Gasteiger partial charge in [0.2, 0.25) is 6.33 Å². The molecule has 24 heavy (non-hydrogen) atoms. The van der Waals surface area contributed by atoms with E-state index in [2.05, 4.69) is 34.9 Å². The molecule has 0 unspecified atom stereocenters. The molecule has 0 spiro atoms. The Morgan fingerprint density at radius 1 is 1.00 bits per heavy atom. The fourth-order valence-corrected chi connectivity index (χ4v) is 7.85. The van der Waals surface area contributed by atoms with Crippen molar-refractivity contribution in [2.24, 2.45) is 7.05 Å². The third kappa shape index (κ3) is 7.12. The van der Waals surface area contributed by atoms with Gasteiger partial charge in [-0.1, -0.05) is 33.6 Å². The van der Waals surface area contributed by atoms with E-state index in [1.807, 2.05) is 0 Å². The van der Waals surface area contributed by atoms with Gasteiger partial charge in [0, 0.05) is 6.16 Å². The number of rotatable bonds is 5. The zero-order chi connectivity index (χ0) is 17.6. The molecule has 2 saturated carbocycles. The van der Waals surface area contributed by atoms with Crippen molar-refractivity contribution in [2.75, 3.05) is 6.16 Å². The quantitative estimate of drug-likeness (QED) is 0.301. The lowest BCUT2D eigenvalue weighted by Crippen LogP contribution is -2.24. The first-order chi connectivity index (χ1) is 11.3. The SMILES string of the molecule is C[n+]1ccn(CCP(C2CCCC2)C2CCCC2)c1.F[B-](F)(F)F. The summed E-state index contributed by atoms with van der Waals surface area (Å²) >= 11 is 0. The summed E-state index contributed by atoms with van der Waals surface area (Å²) in [6, 6.07) is 0. The molecule has 8 heteroatoms. The topological polar surface area (TPSA) is 8.81 Å². The molecule has 2 aliphatic carbocycles. The molecule has 138 valence electrons. The summed E-state index contributed by atoms with van der Waals surface area (Å²) in [4.78, 5) is 0. The smallest absolute Gasteiger partial charge is 0.418 e. The van der Waals surface area contributed by atoms with Gasteiger partial charge in [-0.25, -0.2) is 9.13 Å². The van der Waals surface area contributed by atoms with Gasteiger partial charge in [-0.05, 0) is 37.0 Å². The van der Waals surface area contributed by atoms with Gasteiger partial charge in [0.25, 0.3) is 0 Å². The second-order valence-corrected chi connectivity index (χ2v) is 9.86. The summed E-state index contributed by atoms with van der Waals surface area (Å²) in [5.74, 6) is 0. The molecular formula is C16H28BF4N2P. The molecule has 1 aromatic heterocycles. The van der Waals surface area contributed by atoms with E-state index in [1.165, 1.54) is 38.4 Å². The van der Waals surface area contributed by atoms with Gasteiger partial charge in [-0.3, -0.25) is 0 Å². The first-order valence-corrected chi connectivity index (χ1v) is 10.6. The van der Waals surface area contributed by atoms with Crippen LogP contribution in [0.4, 0.5) is 17.3 Å². The molecule has 0 saturated heterocycles. The molecule has 0 N–H and O–H groups in total. The van der Waals surface area contributed by atoms with Gasteiger partial charge in [0.15, 0.2) is 0 Å². The molecule has 0 amide bonds. The molecule has 0 bridgehead atoms. The summed E-state index contributed by atoms with van der Waals surface area (Å²) in [7, 11) is -3.59. The van der Waals surface area contributed by atoms with E-state index in [1.54, 1.807) is 25.7 Å². The van der Waals surface area contributed by atoms with Crippen molar-refractivity contribution in [2.45, 2.75) is 69.2 Å². The van der Waals surface area contributed by atoms with Gasteiger partial charge in [-0.15, -0.1) is 0 Å². The minimum Gasteiger partial charge on any atom is -0.418 e. The molecule has 2 fully saturated rings. The van der Waals surface area contributed by atoms with Crippen LogP contribution < -0.4 is 4.57 Å². The molecule has 3 rings (SSSR count). The summed E-state index contributed by atoms with van der Waals surface area (Å²) in [5.41, 5.74) is 2.23. The lowest BCUT2D eigenvalue weighted by Gasteiger charge is -2.29. The highest BCUT2D eigenvalue weighted by Gasteiger charge is 2.32. The molecule has 0 aromatic carbocycles. The maximum Gasteiger partial charge on any atom is 0.673 e. The maximum absolute atomic E-state index is 9.75. The standard InChI is InChI=1S/C16H28N2P.BF4/c1-17-10-11-18(14-17)12-13-19(15-6-2-3-7-15)16-8-4-5-9-16;2-1(3,4)5/h10-11,14-16H,2-9,12-13H2,1H3;/q+1;-1. The molecule has 0 radical (unpaired) electrons. The maximum atomic E-state index is 9.75. The number of hydrogen-bond donors (Lipinski definition) is 0. The number of hydrogen-bond acceptors (Lipinski definition) is 0. The molecule has 2 nitrogen and oxygen atoms in total. The highest BCUT2D eigenvalue weighted by Crippen LogP contribution is 2.56. The van der Waals surface area contributed by atoms with Crippen LogP contribution in [0.15, 0.2) is 18.7 Å². The van der Waals surface area contributed by atoms with Crippen LogP contribution in [0.5, 0.6) is 0 Å². The number of aromatic nitrogens is 2. The van der Waals surface area contributed by atoms with Gasteiger partial charge >= 0.3 is 7.25 Å². The van der Waals surface area contributed by atoms with Crippen molar-refractivity contribution in [3.63, 3.8) is 0 Å². The highest BCUT2D eigenvalue weighted by atomic mass is 31.1. The lowest BCUT2D eigenvalue weighted by atomic mass is 10.3. The Hall–Kier alpha value is -0.575. The number of nitrogens with zero attached hydrogens (tertiary/aromatic N) is 2. The molecular weight excluding hydrogens is 338 g/mol. The monoisotopic (exact) mass is 366 g/mol. The van der Waals surface area contributed by atoms with Crippen molar-refractivity contribution < 1.29 is 21.8 Å². The zero-order valence-corrected chi connectivity index (χ0v) is 15.3. The third-order valence-electron chi connectivity index (χ3n) is 5.03. The van der Waals surface area contributed by atoms with Crippen LogP contribution in [0.2, 0.25) is 0 Å². The van der Waals surface area contributed by atoms with Gasteiger partial charge in [-0.2, -0.15) is 0 Å². The Kier molecular flexibility index (Phi) is 7.58. The lowest BCUT2D eigenvalue weighted by molar-refractivity contribution is -0.671. The molecule has 1 heterocycles.